The van der Waals surface area contributed by atoms with E-state index in [1.807, 2.05) is 6.92 Å². The Hall–Kier alpha value is -2.28. The summed E-state index contributed by atoms with van der Waals surface area (Å²) in [5.41, 5.74) is 0.692. The third-order valence-corrected chi connectivity index (χ3v) is 4.44. The maximum Gasteiger partial charge on any atom is 0.310 e. The molecule has 2 aliphatic heterocycles. The summed E-state index contributed by atoms with van der Waals surface area (Å²) < 4.78 is 15.7. The Morgan fingerprint density at radius 2 is 2.16 bits per heavy atom. The molecule has 0 bridgehead atoms. The van der Waals surface area contributed by atoms with Crippen molar-refractivity contribution < 1.29 is 23.8 Å². The van der Waals surface area contributed by atoms with Crippen molar-refractivity contribution in [3.8, 4) is 11.5 Å². The number of nitrogens with zero attached hydrogens (tertiary/aromatic N) is 1. The average Bonchev–Trinajstić information content (AvgIpc) is 3.08. The van der Waals surface area contributed by atoms with E-state index in [1.165, 1.54) is 0 Å². The Labute approximate surface area is 147 Å². The van der Waals surface area contributed by atoms with E-state index in [1.54, 1.807) is 18.2 Å². The molecule has 1 N–H and O–H groups in total. The number of anilines is 1. The normalized spacial score (nSPS) is 19.5. The highest BCUT2D eigenvalue weighted by Gasteiger charge is 2.26. The van der Waals surface area contributed by atoms with E-state index in [-0.39, 0.29) is 24.6 Å². The summed E-state index contributed by atoms with van der Waals surface area (Å²) in [5, 5.41) is 2.87. The van der Waals surface area contributed by atoms with Crippen molar-refractivity contribution in [2.45, 2.75) is 26.2 Å². The standard InChI is InChI=1S/C18H24N2O5/c1-2-23-18(22)13-4-3-8-20(11-13)9-7-17(21)19-14-5-6-15-16(10-14)25-12-24-15/h5-6,10,13H,2-4,7-9,11-12H2,1H3,(H,19,21). The number of esters is 1. The van der Waals surface area contributed by atoms with Crippen LogP contribution in [0.5, 0.6) is 11.5 Å². The van der Waals surface area contributed by atoms with Crippen LogP contribution in [0.2, 0.25) is 0 Å². The molecule has 0 aromatic heterocycles. The number of carbonyl (C=O) groups excluding carboxylic acids is 2. The summed E-state index contributed by atoms with van der Waals surface area (Å²) in [6.45, 7) is 4.64. The zero-order chi connectivity index (χ0) is 17.6. The lowest BCUT2D eigenvalue weighted by Crippen LogP contribution is -2.40. The largest absolute Gasteiger partial charge is 0.466 e. The fourth-order valence-electron chi connectivity index (χ4n) is 3.17. The molecule has 1 atom stereocenters. The first kappa shape index (κ1) is 17.5. The fraction of sp³-hybridized carbons (Fsp3) is 0.556. The molecule has 1 aromatic carbocycles. The van der Waals surface area contributed by atoms with E-state index in [9.17, 15) is 9.59 Å². The highest BCUT2D eigenvalue weighted by molar-refractivity contribution is 5.91. The van der Waals surface area contributed by atoms with Crippen LogP contribution in [0, 0.1) is 5.92 Å². The minimum absolute atomic E-state index is 0.0582. The predicted octanol–water partition coefficient (Wildman–Crippen LogP) is 2.02. The molecule has 1 saturated heterocycles. The number of likely N-dealkylation sites (tertiary alicyclic amines) is 1. The Kier molecular flexibility index (Phi) is 5.75. The molecule has 1 unspecified atom stereocenters. The molecular weight excluding hydrogens is 324 g/mol. The Morgan fingerprint density at radius 1 is 1.32 bits per heavy atom. The van der Waals surface area contributed by atoms with Gasteiger partial charge in [-0.25, -0.2) is 0 Å². The monoisotopic (exact) mass is 348 g/mol. The molecule has 3 rings (SSSR count). The molecule has 0 saturated carbocycles. The molecular formula is C18H24N2O5. The summed E-state index contributed by atoms with van der Waals surface area (Å²) >= 11 is 0. The van der Waals surface area contributed by atoms with Crippen molar-refractivity contribution in [3.05, 3.63) is 18.2 Å². The van der Waals surface area contributed by atoms with Gasteiger partial charge in [0.25, 0.3) is 0 Å². The molecule has 0 radical (unpaired) electrons. The molecule has 1 amide bonds. The van der Waals surface area contributed by atoms with E-state index < -0.39 is 0 Å². The van der Waals surface area contributed by atoms with E-state index >= 15 is 0 Å². The number of rotatable bonds is 6. The van der Waals surface area contributed by atoms with Crippen LogP contribution in [0.25, 0.3) is 0 Å². The van der Waals surface area contributed by atoms with E-state index in [2.05, 4.69) is 10.2 Å². The fourth-order valence-corrected chi connectivity index (χ4v) is 3.17. The van der Waals surface area contributed by atoms with Crippen molar-refractivity contribution in [1.82, 2.24) is 4.90 Å². The summed E-state index contributed by atoms with van der Waals surface area (Å²) in [6.07, 6.45) is 2.19. The van der Waals surface area contributed by atoms with Crippen LogP contribution >= 0.6 is 0 Å². The molecule has 136 valence electrons. The maximum absolute atomic E-state index is 12.2. The number of piperidine rings is 1. The molecule has 1 aromatic rings. The van der Waals surface area contributed by atoms with E-state index in [0.717, 1.165) is 19.4 Å². The topological polar surface area (TPSA) is 77.1 Å². The summed E-state index contributed by atoms with van der Waals surface area (Å²) in [4.78, 5) is 26.2. The number of fused-ring (bicyclic) bond motifs is 1. The van der Waals surface area contributed by atoms with Gasteiger partial charge in [-0.05, 0) is 38.4 Å². The highest BCUT2D eigenvalue weighted by Crippen LogP contribution is 2.34. The lowest BCUT2D eigenvalue weighted by Gasteiger charge is -2.31. The zero-order valence-corrected chi connectivity index (χ0v) is 14.5. The average molecular weight is 348 g/mol. The van der Waals surface area contributed by atoms with Crippen LogP contribution in [0.1, 0.15) is 26.2 Å². The van der Waals surface area contributed by atoms with Crippen LogP contribution in [0.4, 0.5) is 5.69 Å². The number of hydrogen-bond donors (Lipinski definition) is 1. The SMILES string of the molecule is CCOC(=O)C1CCCN(CCC(=O)Nc2ccc3c(c2)OCO3)C1. The number of benzene rings is 1. The van der Waals surface area contributed by atoms with Crippen LogP contribution in [-0.4, -0.2) is 49.8 Å². The van der Waals surface area contributed by atoms with Gasteiger partial charge in [-0.15, -0.1) is 0 Å². The molecule has 25 heavy (non-hydrogen) atoms. The maximum atomic E-state index is 12.2. The lowest BCUT2D eigenvalue weighted by atomic mass is 9.98. The predicted molar refractivity (Wildman–Crippen MR) is 91.6 cm³/mol. The quantitative estimate of drug-likeness (QED) is 0.793. The van der Waals surface area contributed by atoms with E-state index in [0.29, 0.717) is 43.3 Å². The molecule has 1 fully saturated rings. The van der Waals surface area contributed by atoms with Crippen LogP contribution in [0.15, 0.2) is 18.2 Å². The van der Waals surface area contributed by atoms with Crippen LogP contribution in [-0.2, 0) is 14.3 Å². The van der Waals surface area contributed by atoms with Gasteiger partial charge in [0.2, 0.25) is 12.7 Å². The number of hydrogen-bond acceptors (Lipinski definition) is 6. The molecule has 7 nitrogen and oxygen atoms in total. The van der Waals surface area contributed by atoms with Gasteiger partial charge in [0.05, 0.1) is 12.5 Å². The van der Waals surface area contributed by atoms with Gasteiger partial charge < -0.3 is 24.4 Å². The third kappa shape index (κ3) is 4.63. The van der Waals surface area contributed by atoms with Gasteiger partial charge in [-0.3, -0.25) is 9.59 Å². The molecule has 0 spiro atoms. The number of amides is 1. The van der Waals surface area contributed by atoms with Crippen molar-refractivity contribution in [2.75, 3.05) is 38.4 Å². The third-order valence-electron chi connectivity index (χ3n) is 4.44. The van der Waals surface area contributed by atoms with Crippen LogP contribution in [0.3, 0.4) is 0 Å². The molecule has 2 heterocycles. The second-order valence-corrected chi connectivity index (χ2v) is 6.26. The first-order valence-corrected chi connectivity index (χ1v) is 8.74. The van der Waals surface area contributed by atoms with Gasteiger partial charge in [0.1, 0.15) is 0 Å². The van der Waals surface area contributed by atoms with Crippen molar-refractivity contribution >= 4 is 17.6 Å². The van der Waals surface area contributed by atoms with E-state index in [4.69, 9.17) is 14.2 Å². The summed E-state index contributed by atoms with van der Waals surface area (Å²) in [5.74, 6) is 1.07. The lowest BCUT2D eigenvalue weighted by molar-refractivity contribution is -0.149. The number of ether oxygens (including phenoxy) is 3. The van der Waals surface area contributed by atoms with Crippen molar-refractivity contribution in [2.24, 2.45) is 5.92 Å². The highest BCUT2D eigenvalue weighted by atomic mass is 16.7. The van der Waals surface area contributed by atoms with Gasteiger partial charge in [0.15, 0.2) is 11.5 Å². The Bertz CT molecular complexity index is 634. The van der Waals surface area contributed by atoms with Crippen molar-refractivity contribution in [1.29, 1.82) is 0 Å². The molecule has 7 heteroatoms. The van der Waals surface area contributed by atoms with Gasteiger partial charge >= 0.3 is 5.97 Å². The Balaban J connectivity index is 1.45. The minimum Gasteiger partial charge on any atom is -0.466 e. The van der Waals surface area contributed by atoms with Gasteiger partial charge in [-0.2, -0.15) is 0 Å². The zero-order valence-electron chi connectivity index (χ0n) is 14.5. The molecule has 0 aliphatic carbocycles. The second kappa shape index (κ2) is 8.20. The Morgan fingerprint density at radius 3 is 3.00 bits per heavy atom. The first-order valence-electron chi connectivity index (χ1n) is 8.74. The van der Waals surface area contributed by atoms with Gasteiger partial charge in [-0.1, -0.05) is 0 Å². The van der Waals surface area contributed by atoms with Crippen molar-refractivity contribution in [3.63, 3.8) is 0 Å². The smallest absolute Gasteiger partial charge is 0.310 e. The first-order chi connectivity index (χ1) is 12.2. The number of nitrogens with one attached hydrogen (secondary N) is 1. The summed E-state index contributed by atoms with van der Waals surface area (Å²) in [6, 6.07) is 5.34. The number of carbonyl (C=O) groups is 2. The molecule has 2 aliphatic rings. The minimum atomic E-state index is -0.128. The van der Waals surface area contributed by atoms with Gasteiger partial charge in [0, 0.05) is 31.3 Å². The van der Waals surface area contributed by atoms with Crippen LogP contribution < -0.4 is 14.8 Å². The second-order valence-electron chi connectivity index (χ2n) is 6.26. The summed E-state index contributed by atoms with van der Waals surface area (Å²) in [7, 11) is 0.